The molecule has 2 aromatic rings. The van der Waals surface area contributed by atoms with Crippen molar-refractivity contribution >= 4 is 17.7 Å². The largest absolute Gasteiger partial charge is 0.396 e. The summed E-state index contributed by atoms with van der Waals surface area (Å²) in [7, 11) is 0. The van der Waals surface area contributed by atoms with Crippen molar-refractivity contribution in [1.29, 1.82) is 0 Å². The number of nitrogens with zero attached hydrogens (tertiary/aromatic N) is 2. The Hall–Kier alpha value is -1.86. The minimum atomic E-state index is -0.334. The fourth-order valence-corrected chi connectivity index (χ4v) is 2.82. The lowest BCUT2D eigenvalue weighted by atomic mass is 10.1. The second-order valence-corrected chi connectivity index (χ2v) is 5.81. The average Bonchev–Trinajstić information content (AvgIpc) is 2.99. The lowest BCUT2D eigenvalue weighted by Gasteiger charge is -2.17. The molecule has 7 heteroatoms. The Morgan fingerprint density at radius 3 is 2.70 bits per heavy atom. The predicted octanol–water partition coefficient (Wildman–Crippen LogP) is 2.62. The molecule has 0 aliphatic carbocycles. The van der Waals surface area contributed by atoms with E-state index in [4.69, 9.17) is 5.11 Å². The quantitative estimate of drug-likeness (QED) is 0.762. The van der Waals surface area contributed by atoms with Gasteiger partial charge in [-0.15, -0.1) is 0 Å². The van der Waals surface area contributed by atoms with E-state index < -0.39 is 0 Å². The number of rotatable bonds is 7. The Bertz CT molecular complexity index is 658. The molecule has 0 saturated carbocycles. The molecule has 1 aromatic carbocycles. The van der Waals surface area contributed by atoms with E-state index in [1.807, 2.05) is 13.2 Å². The third kappa shape index (κ3) is 4.11. The molecule has 1 atom stereocenters. The molecular formula is C16H20FN3O2S. The molecule has 1 heterocycles. The number of carbonyl (C=O) groups excluding carboxylic acids is 1. The third-order valence-electron chi connectivity index (χ3n) is 3.54. The summed E-state index contributed by atoms with van der Waals surface area (Å²) in [6.45, 7) is 1.97. The van der Waals surface area contributed by atoms with Crippen LogP contribution in [0.15, 0.2) is 35.6 Å². The molecule has 2 N–H and O–H groups in total. The Morgan fingerprint density at radius 2 is 2.13 bits per heavy atom. The van der Waals surface area contributed by atoms with E-state index in [0.29, 0.717) is 23.0 Å². The van der Waals surface area contributed by atoms with Crippen molar-refractivity contribution in [3.63, 3.8) is 0 Å². The zero-order chi connectivity index (χ0) is 16.8. The van der Waals surface area contributed by atoms with Gasteiger partial charge in [-0.3, -0.25) is 9.36 Å². The fourth-order valence-electron chi connectivity index (χ4n) is 2.27. The molecule has 1 amide bonds. The number of nitrogens with one attached hydrogen (secondary N) is 1. The van der Waals surface area contributed by atoms with E-state index >= 15 is 0 Å². The van der Waals surface area contributed by atoms with Crippen LogP contribution in [0.3, 0.4) is 0 Å². The van der Waals surface area contributed by atoms with Gasteiger partial charge in [-0.05, 0) is 43.4 Å². The third-order valence-corrected chi connectivity index (χ3v) is 4.19. The number of amides is 1. The topological polar surface area (TPSA) is 67.2 Å². The highest BCUT2D eigenvalue weighted by Gasteiger charge is 2.19. The summed E-state index contributed by atoms with van der Waals surface area (Å²) in [5.41, 5.74) is 1.06. The maximum Gasteiger partial charge on any atom is 0.270 e. The number of carbonyl (C=O) groups is 1. The van der Waals surface area contributed by atoms with Gasteiger partial charge >= 0.3 is 0 Å². The van der Waals surface area contributed by atoms with Gasteiger partial charge in [-0.25, -0.2) is 9.37 Å². The predicted molar refractivity (Wildman–Crippen MR) is 88.6 cm³/mol. The summed E-state index contributed by atoms with van der Waals surface area (Å²) >= 11 is 1.41. The summed E-state index contributed by atoms with van der Waals surface area (Å²) in [4.78, 5) is 16.8. The highest BCUT2D eigenvalue weighted by molar-refractivity contribution is 7.98. The van der Waals surface area contributed by atoms with Crippen molar-refractivity contribution in [2.75, 3.05) is 12.9 Å². The van der Waals surface area contributed by atoms with Crippen LogP contribution in [0, 0.1) is 5.82 Å². The summed E-state index contributed by atoms with van der Waals surface area (Å²) in [6.07, 6.45) is 4.61. The van der Waals surface area contributed by atoms with Gasteiger partial charge in [0.15, 0.2) is 5.16 Å². The Labute approximate surface area is 138 Å². The van der Waals surface area contributed by atoms with Crippen molar-refractivity contribution in [2.45, 2.75) is 31.0 Å². The van der Waals surface area contributed by atoms with E-state index in [9.17, 15) is 9.18 Å². The molecule has 1 unspecified atom stereocenters. The van der Waals surface area contributed by atoms with E-state index in [-0.39, 0.29) is 24.4 Å². The Kier molecular flexibility index (Phi) is 6.18. The number of aromatic nitrogens is 2. The standard InChI is InChI=1S/C16H20FN3O2S/c1-3-12(8-9-21)19-15(22)14-10-18-16(23-2)20(14)13-6-4-11(17)5-7-13/h4-7,10,12,21H,3,8-9H2,1-2H3,(H,19,22). The van der Waals surface area contributed by atoms with Crippen molar-refractivity contribution in [3.05, 3.63) is 42.0 Å². The van der Waals surface area contributed by atoms with E-state index in [0.717, 1.165) is 6.42 Å². The van der Waals surface area contributed by atoms with Gasteiger partial charge in [-0.1, -0.05) is 18.7 Å². The van der Waals surface area contributed by atoms with Crippen LogP contribution in [0.5, 0.6) is 0 Å². The monoisotopic (exact) mass is 337 g/mol. The number of hydrogen-bond acceptors (Lipinski definition) is 4. The summed E-state index contributed by atoms with van der Waals surface area (Å²) in [5, 5.41) is 12.6. The van der Waals surface area contributed by atoms with E-state index in [2.05, 4.69) is 10.3 Å². The highest BCUT2D eigenvalue weighted by atomic mass is 32.2. The maximum atomic E-state index is 13.1. The first-order valence-corrected chi connectivity index (χ1v) is 8.62. The molecule has 0 bridgehead atoms. The normalized spacial score (nSPS) is 12.2. The zero-order valence-electron chi connectivity index (χ0n) is 13.1. The van der Waals surface area contributed by atoms with Crippen LogP contribution < -0.4 is 5.32 Å². The van der Waals surface area contributed by atoms with Crippen LogP contribution in [0.25, 0.3) is 5.69 Å². The first-order chi connectivity index (χ1) is 11.1. The molecule has 5 nitrogen and oxygen atoms in total. The molecule has 0 radical (unpaired) electrons. The molecule has 1 aromatic heterocycles. The summed E-state index contributed by atoms with van der Waals surface area (Å²) in [5.74, 6) is -0.595. The minimum Gasteiger partial charge on any atom is -0.396 e. The first-order valence-electron chi connectivity index (χ1n) is 7.40. The van der Waals surface area contributed by atoms with Gasteiger partial charge < -0.3 is 10.4 Å². The van der Waals surface area contributed by atoms with Gasteiger partial charge in [0, 0.05) is 18.3 Å². The van der Waals surface area contributed by atoms with Crippen molar-refractivity contribution < 1.29 is 14.3 Å². The van der Waals surface area contributed by atoms with Crippen molar-refractivity contribution in [2.24, 2.45) is 0 Å². The molecular weight excluding hydrogens is 317 g/mol. The van der Waals surface area contributed by atoms with E-state index in [1.165, 1.54) is 30.1 Å². The van der Waals surface area contributed by atoms with Crippen molar-refractivity contribution in [1.82, 2.24) is 14.9 Å². The SMILES string of the molecule is CCC(CCO)NC(=O)c1cnc(SC)n1-c1ccc(F)cc1. The number of hydrogen-bond donors (Lipinski definition) is 2. The van der Waals surface area contributed by atoms with Crippen LogP contribution in [0.4, 0.5) is 4.39 Å². The first kappa shape index (κ1) is 17.5. The minimum absolute atomic E-state index is 0.0199. The van der Waals surface area contributed by atoms with Crippen LogP contribution in [-0.2, 0) is 0 Å². The molecule has 0 saturated heterocycles. The molecule has 0 fully saturated rings. The second-order valence-electron chi connectivity index (χ2n) is 5.03. The second kappa shape index (κ2) is 8.12. The molecule has 0 spiro atoms. The zero-order valence-corrected chi connectivity index (χ0v) is 13.9. The molecule has 23 heavy (non-hydrogen) atoms. The summed E-state index contributed by atoms with van der Waals surface area (Å²) in [6, 6.07) is 5.82. The molecule has 124 valence electrons. The smallest absolute Gasteiger partial charge is 0.270 e. The van der Waals surface area contributed by atoms with Crippen molar-refractivity contribution in [3.8, 4) is 5.69 Å². The van der Waals surface area contributed by atoms with Crippen LogP contribution >= 0.6 is 11.8 Å². The highest BCUT2D eigenvalue weighted by Crippen LogP contribution is 2.22. The number of thioether (sulfide) groups is 1. The fraction of sp³-hybridized carbons (Fsp3) is 0.375. The van der Waals surface area contributed by atoms with Crippen LogP contribution in [0.2, 0.25) is 0 Å². The van der Waals surface area contributed by atoms with E-state index in [1.54, 1.807) is 16.7 Å². The molecule has 0 aliphatic rings. The average molecular weight is 337 g/mol. The number of halogens is 1. The lowest BCUT2D eigenvalue weighted by molar-refractivity contribution is 0.0921. The number of benzene rings is 1. The van der Waals surface area contributed by atoms with Gasteiger partial charge in [0.25, 0.3) is 5.91 Å². The molecule has 2 rings (SSSR count). The van der Waals surface area contributed by atoms with Gasteiger partial charge in [-0.2, -0.15) is 0 Å². The number of aliphatic hydroxyl groups excluding tert-OH is 1. The van der Waals surface area contributed by atoms with Gasteiger partial charge in [0.1, 0.15) is 11.5 Å². The Balaban J connectivity index is 2.34. The maximum absolute atomic E-state index is 13.1. The van der Waals surface area contributed by atoms with Crippen LogP contribution in [0.1, 0.15) is 30.3 Å². The Morgan fingerprint density at radius 1 is 1.43 bits per heavy atom. The summed E-state index contributed by atoms with van der Waals surface area (Å²) < 4.78 is 14.8. The molecule has 0 aliphatic heterocycles. The lowest BCUT2D eigenvalue weighted by Crippen LogP contribution is -2.36. The number of aliphatic hydroxyl groups is 1. The van der Waals surface area contributed by atoms with Gasteiger partial charge in [0.2, 0.25) is 0 Å². The van der Waals surface area contributed by atoms with Gasteiger partial charge in [0.05, 0.1) is 6.20 Å². The van der Waals surface area contributed by atoms with Crippen LogP contribution in [-0.4, -0.2) is 39.5 Å². The number of imidazole rings is 1.